The van der Waals surface area contributed by atoms with Gasteiger partial charge in [-0.2, -0.15) is 0 Å². The number of sulfonamides is 1. The summed E-state index contributed by atoms with van der Waals surface area (Å²) in [5, 5.41) is 0. The summed E-state index contributed by atoms with van der Waals surface area (Å²) in [6.45, 7) is 5.62. The van der Waals surface area contributed by atoms with E-state index in [0.29, 0.717) is 6.42 Å². The Balaban J connectivity index is 0. The van der Waals surface area contributed by atoms with Crippen molar-refractivity contribution in [2.45, 2.75) is 46.1 Å². The van der Waals surface area contributed by atoms with Gasteiger partial charge < -0.3 is 5.73 Å². The Bertz CT molecular complexity index is 320. The zero-order chi connectivity index (χ0) is 12.8. The molecule has 7 heteroatoms. The number of hydrogen-bond acceptors (Lipinski definition) is 4. The molecular formula is C10H23ClN2O3S. The quantitative estimate of drug-likeness (QED) is 0.731. The lowest BCUT2D eigenvalue weighted by atomic mass is 10.00. The first-order valence-electron chi connectivity index (χ1n) is 5.64. The molecule has 0 bridgehead atoms. The highest BCUT2D eigenvalue weighted by atomic mass is 35.5. The highest BCUT2D eigenvalue weighted by Crippen LogP contribution is 2.05. The van der Waals surface area contributed by atoms with E-state index in [1.165, 1.54) is 0 Å². The third-order valence-corrected chi connectivity index (χ3v) is 3.92. The molecule has 0 spiro atoms. The molecule has 0 fully saturated rings. The Morgan fingerprint density at radius 1 is 1.35 bits per heavy atom. The Morgan fingerprint density at radius 3 is 2.29 bits per heavy atom. The number of hydrogen-bond donors (Lipinski definition) is 2. The van der Waals surface area contributed by atoms with E-state index in [4.69, 9.17) is 5.73 Å². The highest BCUT2D eigenvalue weighted by Gasteiger charge is 2.23. The van der Waals surface area contributed by atoms with E-state index in [1.54, 1.807) is 0 Å². The second-order valence-corrected chi connectivity index (χ2v) is 5.89. The molecule has 5 nitrogen and oxygen atoms in total. The fourth-order valence-electron chi connectivity index (χ4n) is 1.12. The van der Waals surface area contributed by atoms with Crippen LogP contribution in [-0.4, -0.2) is 26.1 Å². The van der Waals surface area contributed by atoms with E-state index in [1.807, 2.05) is 25.5 Å². The SMILES string of the molecule is CCCCS(=O)(=O)NC(=O)[C@@H](N)[C@@H](C)CC.Cl. The van der Waals surface area contributed by atoms with Crippen LogP contribution in [0, 0.1) is 5.92 Å². The normalized spacial score (nSPS) is 14.6. The van der Waals surface area contributed by atoms with Crippen LogP contribution in [0.3, 0.4) is 0 Å². The zero-order valence-corrected chi connectivity index (χ0v) is 12.2. The molecule has 0 aromatic rings. The van der Waals surface area contributed by atoms with Gasteiger partial charge in [0, 0.05) is 0 Å². The monoisotopic (exact) mass is 286 g/mol. The Hall–Kier alpha value is -0.330. The van der Waals surface area contributed by atoms with Crippen molar-refractivity contribution in [1.29, 1.82) is 0 Å². The summed E-state index contributed by atoms with van der Waals surface area (Å²) < 4.78 is 24.9. The van der Waals surface area contributed by atoms with Crippen LogP contribution in [-0.2, 0) is 14.8 Å². The summed E-state index contributed by atoms with van der Waals surface area (Å²) >= 11 is 0. The fraction of sp³-hybridized carbons (Fsp3) is 0.900. The van der Waals surface area contributed by atoms with E-state index >= 15 is 0 Å². The highest BCUT2D eigenvalue weighted by molar-refractivity contribution is 7.90. The molecule has 0 aliphatic heterocycles. The van der Waals surface area contributed by atoms with Crippen LogP contribution >= 0.6 is 12.4 Å². The van der Waals surface area contributed by atoms with Crippen LogP contribution in [0.25, 0.3) is 0 Å². The van der Waals surface area contributed by atoms with Crippen LogP contribution in [0.15, 0.2) is 0 Å². The minimum atomic E-state index is -3.51. The van der Waals surface area contributed by atoms with Crippen LogP contribution in [0.5, 0.6) is 0 Å². The topological polar surface area (TPSA) is 89.3 Å². The molecule has 0 aromatic heterocycles. The number of carbonyl (C=O) groups excluding carboxylic acids is 1. The minimum absolute atomic E-state index is 0. The average molecular weight is 287 g/mol. The van der Waals surface area contributed by atoms with Gasteiger partial charge in [-0.25, -0.2) is 8.42 Å². The van der Waals surface area contributed by atoms with Crippen LogP contribution in [0.1, 0.15) is 40.0 Å². The maximum atomic E-state index is 11.5. The van der Waals surface area contributed by atoms with Gasteiger partial charge in [-0.3, -0.25) is 9.52 Å². The molecule has 17 heavy (non-hydrogen) atoms. The molecule has 1 amide bonds. The van der Waals surface area contributed by atoms with E-state index in [2.05, 4.69) is 0 Å². The molecule has 0 aliphatic rings. The molecule has 0 aromatic carbocycles. The van der Waals surface area contributed by atoms with Gasteiger partial charge >= 0.3 is 0 Å². The van der Waals surface area contributed by atoms with Gasteiger partial charge in [0.2, 0.25) is 10.0 Å². The largest absolute Gasteiger partial charge is 0.320 e. The van der Waals surface area contributed by atoms with Gasteiger partial charge in [0.15, 0.2) is 0 Å². The van der Waals surface area contributed by atoms with Crippen molar-refractivity contribution in [2.75, 3.05) is 5.75 Å². The summed E-state index contributed by atoms with van der Waals surface area (Å²) in [4.78, 5) is 11.5. The second-order valence-electron chi connectivity index (χ2n) is 4.05. The van der Waals surface area contributed by atoms with E-state index < -0.39 is 22.0 Å². The van der Waals surface area contributed by atoms with Crippen molar-refractivity contribution in [1.82, 2.24) is 4.72 Å². The molecule has 0 aliphatic carbocycles. The molecule has 104 valence electrons. The number of halogens is 1. The van der Waals surface area contributed by atoms with Gasteiger partial charge in [-0.1, -0.05) is 33.6 Å². The lowest BCUT2D eigenvalue weighted by molar-refractivity contribution is -0.121. The number of nitrogens with one attached hydrogen (secondary N) is 1. The number of unbranched alkanes of at least 4 members (excludes halogenated alkanes) is 1. The fourth-order valence-corrected chi connectivity index (χ4v) is 2.33. The Morgan fingerprint density at radius 2 is 1.88 bits per heavy atom. The predicted molar refractivity (Wildman–Crippen MR) is 71.5 cm³/mol. The summed E-state index contributed by atoms with van der Waals surface area (Å²) in [7, 11) is -3.51. The molecule has 0 heterocycles. The Kier molecular flexibility index (Phi) is 9.75. The number of carbonyl (C=O) groups is 1. The van der Waals surface area contributed by atoms with Crippen LogP contribution in [0.2, 0.25) is 0 Å². The number of nitrogens with two attached hydrogens (primary N) is 1. The molecule has 0 saturated carbocycles. The standard InChI is InChI=1S/C10H22N2O3S.ClH/c1-4-6-7-16(14,15)12-10(13)9(11)8(3)5-2;/h8-9H,4-7,11H2,1-3H3,(H,12,13);1H/t8-,9-;/m0./s1. The molecule has 0 unspecified atom stereocenters. The summed E-state index contributed by atoms with van der Waals surface area (Å²) in [5.74, 6) is -0.658. The van der Waals surface area contributed by atoms with Crippen molar-refractivity contribution in [3.63, 3.8) is 0 Å². The molecule has 0 rings (SSSR count). The Labute approximate surface area is 110 Å². The van der Waals surface area contributed by atoms with Gasteiger partial charge in [-0.15, -0.1) is 12.4 Å². The maximum Gasteiger partial charge on any atom is 0.250 e. The lowest BCUT2D eigenvalue weighted by Crippen LogP contribution is -2.47. The van der Waals surface area contributed by atoms with E-state index in [0.717, 1.165) is 12.8 Å². The third-order valence-electron chi connectivity index (χ3n) is 2.58. The number of rotatable bonds is 7. The van der Waals surface area contributed by atoms with Crippen molar-refractivity contribution in [3.05, 3.63) is 0 Å². The van der Waals surface area contributed by atoms with Crippen molar-refractivity contribution >= 4 is 28.3 Å². The average Bonchev–Trinajstić information content (AvgIpc) is 2.23. The predicted octanol–water partition coefficient (Wildman–Crippen LogP) is 1.03. The van der Waals surface area contributed by atoms with Crippen molar-refractivity contribution in [3.8, 4) is 0 Å². The first-order chi connectivity index (χ1) is 7.34. The van der Waals surface area contributed by atoms with Crippen molar-refractivity contribution in [2.24, 2.45) is 11.7 Å². The summed E-state index contributed by atoms with van der Waals surface area (Å²) in [5.41, 5.74) is 5.63. The smallest absolute Gasteiger partial charge is 0.250 e. The maximum absolute atomic E-state index is 11.5. The zero-order valence-electron chi connectivity index (χ0n) is 10.6. The van der Waals surface area contributed by atoms with Crippen molar-refractivity contribution < 1.29 is 13.2 Å². The minimum Gasteiger partial charge on any atom is -0.320 e. The van der Waals surface area contributed by atoms with E-state index in [-0.39, 0.29) is 24.1 Å². The van der Waals surface area contributed by atoms with Gasteiger partial charge in [0.1, 0.15) is 0 Å². The summed E-state index contributed by atoms with van der Waals surface area (Å²) in [6.07, 6.45) is 2.05. The third kappa shape index (κ3) is 7.57. The molecular weight excluding hydrogens is 264 g/mol. The second kappa shape index (κ2) is 8.72. The first-order valence-corrected chi connectivity index (χ1v) is 7.29. The van der Waals surface area contributed by atoms with E-state index in [9.17, 15) is 13.2 Å². The molecule has 3 N–H and O–H groups in total. The van der Waals surface area contributed by atoms with Gasteiger partial charge in [-0.05, 0) is 12.3 Å². The summed E-state index contributed by atoms with van der Waals surface area (Å²) in [6, 6.07) is -0.763. The molecule has 0 radical (unpaired) electrons. The number of amides is 1. The first kappa shape index (κ1) is 19.0. The van der Waals surface area contributed by atoms with Crippen LogP contribution in [0.4, 0.5) is 0 Å². The lowest BCUT2D eigenvalue weighted by Gasteiger charge is -2.17. The molecule has 0 saturated heterocycles. The van der Waals surface area contributed by atoms with Gasteiger partial charge in [0.25, 0.3) is 5.91 Å². The molecule has 2 atom stereocenters. The van der Waals surface area contributed by atoms with Crippen LogP contribution < -0.4 is 10.5 Å². The van der Waals surface area contributed by atoms with Gasteiger partial charge in [0.05, 0.1) is 11.8 Å².